The molecular weight excluding hydrogens is 346 g/mol. The van der Waals surface area contributed by atoms with Crippen LogP contribution in [0.15, 0.2) is 22.0 Å². The Morgan fingerprint density at radius 3 is 2.81 bits per heavy atom. The van der Waals surface area contributed by atoms with E-state index in [1.54, 1.807) is 6.92 Å². The first kappa shape index (κ1) is 18.9. The van der Waals surface area contributed by atoms with E-state index >= 15 is 0 Å². The number of nitrogens with zero attached hydrogens (tertiary/aromatic N) is 3. The zero-order valence-electron chi connectivity index (χ0n) is 14.0. The molecule has 0 aliphatic rings. The lowest BCUT2D eigenvalue weighted by molar-refractivity contribution is -0.385. The molecule has 0 saturated heterocycles. The number of H-pyrrole nitrogens is 1. The number of nitro groups is 1. The topological polar surface area (TPSA) is 163 Å². The van der Waals surface area contributed by atoms with Gasteiger partial charge in [0.2, 0.25) is 5.95 Å². The van der Waals surface area contributed by atoms with Gasteiger partial charge in [-0.25, -0.2) is 10.4 Å². The van der Waals surface area contributed by atoms with Crippen LogP contribution in [-0.2, 0) is 6.42 Å². The molecule has 1 heterocycles. The van der Waals surface area contributed by atoms with Crippen molar-refractivity contribution in [1.29, 1.82) is 0 Å². The maximum atomic E-state index is 11.9. The molecule has 26 heavy (non-hydrogen) atoms. The maximum absolute atomic E-state index is 11.9. The summed E-state index contributed by atoms with van der Waals surface area (Å²) >= 11 is 0. The number of ether oxygens (including phenoxy) is 1. The molecule has 0 bridgehead atoms. The highest BCUT2D eigenvalue weighted by atomic mass is 16.6. The first-order valence-corrected chi connectivity index (χ1v) is 7.42. The average molecular weight is 363 g/mol. The summed E-state index contributed by atoms with van der Waals surface area (Å²) in [6.07, 6.45) is 1.28. The number of nitrogens with one attached hydrogen (secondary N) is 2. The van der Waals surface area contributed by atoms with Crippen LogP contribution >= 0.6 is 0 Å². The largest absolute Gasteiger partial charge is 0.504 e. The van der Waals surface area contributed by atoms with E-state index in [4.69, 9.17) is 9.84 Å². The van der Waals surface area contributed by atoms with E-state index < -0.39 is 10.5 Å². The first-order valence-electron chi connectivity index (χ1n) is 7.42. The van der Waals surface area contributed by atoms with Gasteiger partial charge in [0.25, 0.3) is 11.2 Å². The fourth-order valence-electron chi connectivity index (χ4n) is 2.23. The number of aliphatic hydroxyl groups is 1. The standard InChI is InChI=1S/C15H17N5O6/c1-8-10(3-4-21)14(23)18-15(17-8)19-16-7-9-5-12(22)13(26-2)6-11(9)20(24)25/h5-7,21-22H,3-4H2,1-2H3,(H2,17,18,19,23)/b16-7-. The summed E-state index contributed by atoms with van der Waals surface area (Å²) in [5, 5.41) is 33.6. The van der Waals surface area contributed by atoms with Crippen LogP contribution in [0.4, 0.5) is 11.6 Å². The minimum Gasteiger partial charge on any atom is -0.504 e. The monoisotopic (exact) mass is 363 g/mol. The number of hydrogen-bond donors (Lipinski definition) is 4. The Morgan fingerprint density at radius 2 is 2.23 bits per heavy atom. The molecule has 0 radical (unpaired) electrons. The van der Waals surface area contributed by atoms with Gasteiger partial charge in [-0.2, -0.15) is 5.10 Å². The normalized spacial score (nSPS) is 10.9. The van der Waals surface area contributed by atoms with E-state index in [0.717, 1.165) is 18.3 Å². The van der Waals surface area contributed by atoms with Crippen LogP contribution in [-0.4, -0.2) is 45.0 Å². The third-order valence-electron chi connectivity index (χ3n) is 3.48. The van der Waals surface area contributed by atoms with Crippen LogP contribution in [0.2, 0.25) is 0 Å². The summed E-state index contributed by atoms with van der Waals surface area (Å²) in [7, 11) is 1.28. The van der Waals surface area contributed by atoms with Crippen LogP contribution in [0.1, 0.15) is 16.8 Å². The molecule has 1 aromatic heterocycles. The molecule has 0 saturated carbocycles. The van der Waals surface area contributed by atoms with Crippen LogP contribution in [0, 0.1) is 17.0 Å². The van der Waals surface area contributed by atoms with Gasteiger partial charge < -0.3 is 14.9 Å². The number of aliphatic hydroxyl groups excluding tert-OH is 1. The quantitative estimate of drug-likeness (QED) is 0.317. The summed E-state index contributed by atoms with van der Waals surface area (Å²) in [6, 6.07) is 2.21. The van der Waals surface area contributed by atoms with Gasteiger partial charge in [0, 0.05) is 18.6 Å². The molecule has 2 aromatic rings. The molecule has 0 aliphatic carbocycles. The zero-order valence-corrected chi connectivity index (χ0v) is 14.0. The number of hydrogen-bond acceptors (Lipinski definition) is 9. The highest BCUT2D eigenvalue weighted by Crippen LogP contribution is 2.32. The summed E-state index contributed by atoms with van der Waals surface area (Å²) in [5.41, 5.74) is 2.53. The number of aromatic hydroxyl groups is 1. The summed E-state index contributed by atoms with van der Waals surface area (Å²) in [5.74, 6) is -0.288. The Bertz CT molecular complexity index is 908. The number of aromatic amines is 1. The first-order chi connectivity index (χ1) is 12.4. The predicted molar refractivity (Wildman–Crippen MR) is 92.9 cm³/mol. The highest BCUT2D eigenvalue weighted by molar-refractivity contribution is 5.87. The van der Waals surface area contributed by atoms with Gasteiger partial charge >= 0.3 is 0 Å². The number of phenols is 1. The number of hydrazone groups is 1. The Labute approximate surface area is 147 Å². The van der Waals surface area contributed by atoms with E-state index in [0.29, 0.717) is 11.3 Å². The number of aromatic nitrogens is 2. The number of phenolic OH excluding ortho intramolecular Hbond substituents is 1. The van der Waals surface area contributed by atoms with Crippen LogP contribution in [0.3, 0.4) is 0 Å². The zero-order chi connectivity index (χ0) is 19.3. The Morgan fingerprint density at radius 1 is 1.50 bits per heavy atom. The maximum Gasteiger partial charge on any atom is 0.282 e. The van der Waals surface area contributed by atoms with Crippen LogP contribution in [0.5, 0.6) is 11.5 Å². The number of anilines is 1. The summed E-state index contributed by atoms with van der Waals surface area (Å²) < 4.78 is 4.84. The molecule has 0 atom stereocenters. The van der Waals surface area contributed by atoms with Crippen molar-refractivity contribution in [2.45, 2.75) is 13.3 Å². The average Bonchev–Trinajstić information content (AvgIpc) is 2.58. The van der Waals surface area contributed by atoms with Crippen molar-refractivity contribution >= 4 is 17.9 Å². The van der Waals surface area contributed by atoms with Crippen molar-refractivity contribution in [3.63, 3.8) is 0 Å². The van der Waals surface area contributed by atoms with Crippen molar-refractivity contribution < 1.29 is 19.9 Å². The minimum atomic E-state index is -0.642. The van der Waals surface area contributed by atoms with Gasteiger partial charge in [-0.3, -0.25) is 19.9 Å². The molecule has 0 unspecified atom stereocenters. The number of nitro benzene ring substituents is 1. The second-order valence-corrected chi connectivity index (χ2v) is 5.16. The lowest BCUT2D eigenvalue weighted by Crippen LogP contribution is -2.19. The SMILES string of the molecule is COc1cc([N+](=O)[O-])c(/C=N\Nc2nc(C)c(CCO)c(=O)[nH]2)cc1O. The molecule has 11 heteroatoms. The van der Waals surface area contributed by atoms with Crippen molar-refractivity contribution in [3.8, 4) is 11.5 Å². The van der Waals surface area contributed by atoms with Gasteiger partial charge in [0.15, 0.2) is 11.5 Å². The second-order valence-electron chi connectivity index (χ2n) is 5.16. The minimum absolute atomic E-state index is 0.0248. The summed E-state index contributed by atoms with van der Waals surface area (Å²) in [6.45, 7) is 1.43. The highest BCUT2D eigenvalue weighted by Gasteiger charge is 2.17. The number of methoxy groups -OCH3 is 1. The van der Waals surface area contributed by atoms with E-state index in [9.17, 15) is 20.0 Å². The third kappa shape index (κ3) is 4.13. The number of rotatable bonds is 7. The fraction of sp³-hybridized carbons (Fsp3) is 0.267. The van der Waals surface area contributed by atoms with E-state index in [-0.39, 0.29) is 41.7 Å². The molecule has 0 aliphatic heterocycles. The van der Waals surface area contributed by atoms with Crippen molar-refractivity contribution in [2.75, 3.05) is 19.1 Å². The van der Waals surface area contributed by atoms with Crippen molar-refractivity contribution in [2.24, 2.45) is 5.10 Å². The molecule has 0 amide bonds. The molecule has 4 N–H and O–H groups in total. The summed E-state index contributed by atoms with van der Waals surface area (Å²) in [4.78, 5) is 28.9. The molecular formula is C15H17N5O6. The predicted octanol–water partition coefficient (Wildman–Crippen LogP) is 0.682. The Hall–Kier alpha value is -3.47. The van der Waals surface area contributed by atoms with E-state index in [2.05, 4.69) is 20.5 Å². The second kappa shape index (κ2) is 8.07. The molecule has 11 nitrogen and oxygen atoms in total. The van der Waals surface area contributed by atoms with Gasteiger partial charge in [-0.1, -0.05) is 0 Å². The number of benzene rings is 1. The smallest absolute Gasteiger partial charge is 0.282 e. The van der Waals surface area contributed by atoms with E-state index in [1.807, 2.05) is 0 Å². The van der Waals surface area contributed by atoms with Crippen molar-refractivity contribution in [1.82, 2.24) is 9.97 Å². The molecule has 0 spiro atoms. The number of aryl methyl sites for hydroxylation is 1. The Balaban J connectivity index is 2.27. The van der Waals surface area contributed by atoms with Gasteiger partial charge in [0.1, 0.15) is 0 Å². The fourth-order valence-corrected chi connectivity index (χ4v) is 2.23. The van der Waals surface area contributed by atoms with Crippen LogP contribution in [0.25, 0.3) is 0 Å². The van der Waals surface area contributed by atoms with Crippen molar-refractivity contribution in [3.05, 3.63) is 49.4 Å². The molecule has 2 rings (SSSR count). The lowest BCUT2D eigenvalue weighted by atomic mass is 10.1. The van der Waals surface area contributed by atoms with Gasteiger partial charge in [-0.15, -0.1) is 0 Å². The van der Waals surface area contributed by atoms with Gasteiger partial charge in [-0.05, 0) is 13.0 Å². The molecule has 1 aromatic carbocycles. The lowest BCUT2D eigenvalue weighted by Gasteiger charge is -2.06. The molecule has 0 fully saturated rings. The van der Waals surface area contributed by atoms with E-state index in [1.165, 1.54) is 7.11 Å². The molecule has 138 valence electrons. The Kier molecular flexibility index (Phi) is 5.86. The van der Waals surface area contributed by atoms with Crippen LogP contribution < -0.4 is 15.7 Å². The van der Waals surface area contributed by atoms with Gasteiger partial charge in [0.05, 0.1) is 35.6 Å². The third-order valence-corrected chi connectivity index (χ3v) is 3.48.